The number of methoxy groups -OCH3 is 3. The zero-order chi connectivity index (χ0) is 76.9. The Morgan fingerprint density at radius 3 is 1.64 bits per heavy atom. The van der Waals surface area contributed by atoms with Crippen molar-refractivity contribution in [3.63, 3.8) is 0 Å². The summed E-state index contributed by atoms with van der Waals surface area (Å²) in [5.41, 5.74) is 0.279. The van der Waals surface area contributed by atoms with Crippen LogP contribution in [0.3, 0.4) is 0 Å². The van der Waals surface area contributed by atoms with Crippen LogP contribution in [-0.4, -0.2) is 154 Å². The molecule has 0 spiro atoms. The Morgan fingerprint density at radius 2 is 1.11 bits per heavy atom. The van der Waals surface area contributed by atoms with Crippen molar-refractivity contribution in [1.82, 2.24) is 4.90 Å². The number of carbonyl (C=O) groups is 8. The Balaban J connectivity index is 1.37. The number of fused-ring (bicyclic) bond motifs is 3. The second-order valence-corrected chi connectivity index (χ2v) is 31.8. The molecule has 1 amide bonds. The molecular weight excluding hydrogens is 1330 g/mol. The van der Waals surface area contributed by atoms with Gasteiger partial charge < -0.3 is 52.3 Å². The Bertz CT molecular complexity index is 2560. The molecule has 0 aromatic rings. The molecule has 0 aromatic heterocycles. The van der Waals surface area contributed by atoms with E-state index in [1.165, 1.54) is 120 Å². The van der Waals surface area contributed by atoms with E-state index in [4.69, 9.17) is 47.4 Å². The number of unbranched alkanes of at least 4 members (excludes halogenated alkanes) is 24. The lowest BCUT2D eigenvalue weighted by molar-refractivity contribution is -0.229. The molecular formula is C86H145NO18. The van der Waals surface area contributed by atoms with Gasteiger partial charge in [0.05, 0.1) is 37.3 Å². The third-order valence-corrected chi connectivity index (χ3v) is 22.9. The lowest BCUT2D eigenvalue weighted by atomic mass is 9.76. The molecule has 0 aromatic carbocycles. The highest BCUT2D eigenvalue weighted by Crippen LogP contribution is 2.41. The van der Waals surface area contributed by atoms with Crippen molar-refractivity contribution < 1.29 is 85.7 Å². The number of esters is 5. The minimum atomic E-state index is -1.54. The smallest absolute Gasteiger partial charge is 0.329 e. The van der Waals surface area contributed by atoms with Gasteiger partial charge in [-0.2, -0.15) is 0 Å². The molecule has 602 valence electrons. The van der Waals surface area contributed by atoms with E-state index in [0.717, 1.165) is 49.7 Å². The van der Waals surface area contributed by atoms with Crippen molar-refractivity contribution in [2.24, 2.45) is 35.5 Å². The summed E-state index contributed by atoms with van der Waals surface area (Å²) < 4.78 is 60.0. The summed E-state index contributed by atoms with van der Waals surface area (Å²) in [6.45, 7) is 21.4. The van der Waals surface area contributed by atoms with Gasteiger partial charge in [0.1, 0.15) is 42.8 Å². The van der Waals surface area contributed by atoms with Crippen LogP contribution in [-0.2, 0) is 85.7 Å². The topological polar surface area (TPSA) is 232 Å². The second kappa shape index (κ2) is 53.1. The van der Waals surface area contributed by atoms with Gasteiger partial charge in [-0.15, -0.1) is 6.58 Å². The van der Waals surface area contributed by atoms with Crippen molar-refractivity contribution in [3.05, 3.63) is 36.0 Å². The first-order valence-electron chi connectivity index (χ1n) is 41.6. The van der Waals surface area contributed by atoms with Crippen LogP contribution < -0.4 is 0 Å². The van der Waals surface area contributed by atoms with E-state index in [0.29, 0.717) is 77.0 Å². The van der Waals surface area contributed by atoms with E-state index < -0.39 is 108 Å². The van der Waals surface area contributed by atoms with Crippen molar-refractivity contribution in [1.29, 1.82) is 0 Å². The monoisotopic (exact) mass is 1480 g/mol. The average molecular weight is 1480 g/mol. The third-order valence-electron chi connectivity index (χ3n) is 22.9. The number of piperidine rings is 1. The van der Waals surface area contributed by atoms with Crippen molar-refractivity contribution in [2.75, 3.05) is 47.9 Å². The average Bonchev–Trinajstić information content (AvgIpc) is 0.863. The molecule has 19 heteroatoms. The normalized spacial score (nSPS) is 27.5. The predicted molar refractivity (Wildman–Crippen MR) is 411 cm³/mol. The molecule has 14 atom stereocenters. The van der Waals surface area contributed by atoms with E-state index in [2.05, 4.69) is 39.5 Å². The van der Waals surface area contributed by atoms with Gasteiger partial charge in [0.2, 0.25) is 0 Å². The van der Waals surface area contributed by atoms with Crippen LogP contribution in [0, 0.1) is 35.5 Å². The fourth-order valence-electron chi connectivity index (χ4n) is 15.9. The highest BCUT2D eigenvalue weighted by atomic mass is 16.7. The first-order chi connectivity index (χ1) is 50.5. The first-order valence-corrected chi connectivity index (χ1v) is 41.6. The van der Waals surface area contributed by atoms with E-state index in [-0.39, 0.29) is 88.1 Å². The van der Waals surface area contributed by atoms with E-state index in [1.54, 1.807) is 34.3 Å². The van der Waals surface area contributed by atoms with Crippen molar-refractivity contribution in [2.45, 2.75) is 380 Å². The molecule has 1 aliphatic carbocycles. The zero-order valence-corrected chi connectivity index (χ0v) is 67.6. The molecule has 0 radical (unpaired) electrons. The van der Waals surface area contributed by atoms with Crippen LogP contribution in [0.5, 0.6) is 0 Å². The van der Waals surface area contributed by atoms with Crippen molar-refractivity contribution >= 4 is 47.3 Å². The molecule has 2 saturated heterocycles. The summed E-state index contributed by atoms with van der Waals surface area (Å²) in [5, 5.41) is 0. The lowest BCUT2D eigenvalue weighted by Gasteiger charge is -2.48. The minimum Gasteiger partial charge on any atom is -0.462 e. The maximum absolute atomic E-state index is 14.9. The summed E-state index contributed by atoms with van der Waals surface area (Å²) in [5.74, 6) is -5.76. The molecule has 1 unspecified atom stereocenters. The molecule has 3 heterocycles. The number of carbonyl (C=O) groups excluding carboxylic acids is 8. The molecule has 1 saturated carbocycles. The summed E-state index contributed by atoms with van der Waals surface area (Å²) in [6, 6.07) is -1.04. The highest BCUT2D eigenvalue weighted by Gasteiger charge is 2.55. The van der Waals surface area contributed by atoms with Gasteiger partial charge in [-0.25, -0.2) is 4.79 Å². The molecule has 0 N–H and O–H groups in total. The Labute approximate surface area is 634 Å². The van der Waals surface area contributed by atoms with Gasteiger partial charge in [-0.3, -0.25) is 33.6 Å². The number of hydrogen-bond acceptors (Lipinski definition) is 18. The number of rotatable bonds is 46. The molecule has 3 fully saturated rings. The van der Waals surface area contributed by atoms with Crippen LogP contribution in [0.4, 0.5) is 0 Å². The number of ether oxygens (including phenoxy) is 10. The maximum Gasteiger partial charge on any atom is 0.329 e. The number of amides is 1. The standard InChI is InChI=1S/C86H145NO18/c1-14-17-19-21-23-25-27-29-31-33-35-37-39-45-77(89)99-59-70(60-100-78(90)46-40-38-36-34-32-30-28-26-24-22-20-18-15-2)103-80(92)50-49-79(91)102-61-101-73-48-47-68(58-74(73)96-11)55-65(7)81-67(9)64(6)56-72(88)69(43-16-3)53-62(4)52-63(5)54-75(97-12)82-76(98-13)57-66(8)86(10,105-82)83(93)84(94)87-51-42-41-44-71(87)85(95)104-81/h16,53,55,63-64,66-71,73-76,81-82H,3,14-15,17-52,54,56-61H2,1-2,4-13H3/b62-53+,65-55+/t63-,64-,66+,67+,68?,69+,71-,73+,74+,75-,76-,81+,82+,86+/m0/s1. The molecule has 4 rings (SSSR count). The van der Waals surface area contributed by atoms with E-state index in [9.17, 15) is 38.4 Å². The SMILES string of the molecule is C=CC[C@@H]1/C=C(\C)C[C@H](C)C[C@H](OC)[C@H]2O[C@@](C)(C(=O)C(=O)N3CCCC[C@H]3C(=O)O[C@H](/C(C)=C/C3CC[C@@H](OCOC(=O)CCC(=O)OC(COC(=O)CCCCCCCCCCCCCCC)COC(=O)CCCCCCCCCCCCCCC)[C@H](OC)C3)[C@H](C)[C@@H](C)CC1=O)[C@H](C)C[C@@H]2OC. The predicted octanol–water partition coefficient (Wildman–Crippen LogP) is 18.3. The fourth-order valence-corrected chi connectivity index (χ4v) is 15.9. The van der Waals surface area contributed by atoms with E-state index in [1.807, 2.05) is 34.6 Å². The Kier molecular flexibility index (Phi) is 46.8. The van der Waals surface area contributed by atoms with Crippen LogP contribution in [0.1, 0.15) is 326 Å². The summed E-state index contributed by atoms with van der Waals surface area (Å²) in [7, 11) is 4.83. The number of allylic oxidation sites excluding steroid dienone is 4. The quantitative estimate of drug-likeness (QED) is 0.0138. The molecule has 4 aliphatic rings. The summed E-state index contributed by atoms with van der Waals surface area (Å²) in [6.07, 6.45) is 37.9. The maximum atomic E-state index is 14.9. The van der Waals surface area contributed by atoms with Gasteiger partial charge in [-0.05, 0) is 127 Å². The largest absolute Gasteiger partial charge is 0.462 e. The van der Waals surface area contributed by atoms with Crippen LogP contribution in [0.25, 0.3) is 0 Å². The third kappa shape index (κ3) is 34.7. The van der Waals surface area contributed by atoms with Crippen LogP contribution in [0.2, 0.25) is 0 Å². The number of ketones is 2. The molecule has 3 aliphatic heterocycles. The van der Waals surface area contributed by atoms with Gasteiger partial charge in [-0.1, -0.05) is 219 Å². The first kappa shape index (κ1) is 92.6. The highest BCUT2D eigenvalue weighted by molar-refractivity contribution is 6.39. The molecule has 2 bridgehead atoms. The number of Topliss-reactive ketones (excluding diaryl/α,β-unsaturated/α-hetero) is 2. The Hall–Kier alpha value is -4.82. The van der Waals surface area contributed by atoms with Gasteiger partial charge in [0.25, 0.3) is 11.7 Å². The van der Waals surface area contributed by atoms with Crippen LogP contribution in [0.15, 0.2) is 36.0 Å². The molecule has 105 heavy (non-hydrogen) atoms. The van der Waals surface area contributed by atoms with Crippen molar-refractivity contribution in [3.8, 4) is 0 Å². The number of hydrogen-bond donors (Lipinski definition) is 0. The second-order valence-electron chi connectivity index (χ2n) is 31.8. The Morgan fingerprint density at radius 1 is 0.610 bits per heavy atom. The lowest BCUT2D eigenvalue weighted by Crippen LogP contribution is -2.63. The number of nitrogens with zero attached hydrogens (tertiary/aromatic N) is 1. The van der Waals surface area contributed by atoms with Gasteiger partial charge in [0, 0.05) is 59.0 Å². The summed E-state index contributed by atoms with van der Waals surface area (Å²) >= 11 is 0. The van der Waals surface area contributed by atoms with Gasteiger partial charge >= 0.3 is 29.8 Å². The van der Waals surface area contributed by atoms with E-state index >= 15 is 0 Å². The summed E-state index contributed by atoms with van der Waals surface area (Å²) in [4.78, 5) is 113. The zero-order valence-electron chi connectivity index (χ0n) is 67.6. The molecule has 19 nitrogen and oxygen atoms in total. The van der Waals surface area contributed by atoms with Gasteiger partial charge in [0.15, 0.2) is 12.9 Å². The number of cyclic esters (lactones) is 1. The van der Waals surface area contributed by atoms with Crippen LogP contribution >= 0.6 is 0 Å². The fraction of sp³-hybridized carbons (Fsp3) is 0.837. The minimum absolute atomic E-state index is 0.0539.